The van der Waals surface area contributed by atoms with Gasteiger partial charge in [-0.15, -0.1) is 22.7 Å². The molecule has 0 saturated carbocycles. The monoisotopic (exact) mass is 209 g/mol. The Hall–Kier alpha value is -1.20. The second kappa shape index (κ2) is 3.68. The van der Waals surface area contributed by atoms with E-state index in [2.05, 4.69) is 10.1 Å². The molecule has 0 aliphatic rings. The maximum atomic E-state index is 5.04. The standard InChI is InChI=1S/C8H7N3S2/c9-11-5-6-4-10-8(13-6)7-2-1-3-12-7/h1-5H,9H2/b11-5+. The lowest BCUT2D eigenvalue weighted by Gasteiger charge is -1.84. The van der Waals surface area contributed by atoms with E-state index in [1.54, 1.807) is 35.1 Å². The smallest absolute Gasteiger partial charge is 0.133 e. The topological polar surface area (TPSA) is 51.3 Å². The normalized spacial score (nSPS) is 11.1. The highest BCUT2D eigenvalue weighted by Crippen LogP contribution is 2.27. The van der Waals surface area contributed by atoms with E-state index < -0.39 is 0 Å². The fourth-order valence-corrected chi connectivity index (χ4v) is 2.53. The quantitative estimate of drug-likeness (QED) is 0.468. The summed E-state index contributed by atoms with van der Waals surface area (Å²) in [6.45, 7) is 0. The average Bonchev–Trinajstić information content (AvgIpc) is 2.70. The molecule has 0 atom stereocenters. The van der Waals surface area contributed by atoms with Crippen molar-refractivity contribution < 1.29 is 0 Å². The number of nitrogens with two attached hydrogens (primary N) is 1. The third-order valence-corrected chi connectivity index (χ3v) is 3.43. The van der Waals surface area contributed by atoms with Gasteiger partial charge in [-0.1, -0.05) is 6.07 Å². The summed E-state index contributed by atoms with van der Waals surface area (Å²) in [5.41, 5.74) is 0. The van der Waals surface area contributed by atoms with Crippen molar-refractivity contribution in [3.63, 3.8) is 0 Å². The van der Waals surface area contributed by atoms with Crippen LogP contribution in [0.2, 0.25) is 0 Å². The molecule has 2 aromatic rings. The number of rotatable bonds is 2. The molecule has 2 heterocycles. The fraction of sp³-hybridized carbons (Fsp3) is 0. The molecule has 0 bridgehead atoms. The molecule has 2 N–H and O–H groups in total. The second-order valence-corrected chi connectivity index (χ2v) is 4.33. The molecule has 0 aliphatic heterocycles. The molecule has 0 aromatic carbocycles. The van der Waals surface area contributed by atoms with Gasteiger partial charge in [0.1, 0.15) is 5.01 Å². The molecule has 0 unspecified atom stereocenters. The van der Waals surface area contributed by atoms with Crippen LogP contribution in [-0.4, -0.2) is 11.2 Å². The predicted molar refractivity (Wildman–Crippen MR) is 57.2 cm³/mol. The zero-order valence-electron chi connectivity index (χ0n) is 6.68. The van der Waals surface area contributed by atoms with Crippen LogP contribution >= 0.6 is 22.7 Å². The zero-order chi connectivity index (χ0) is 9.10. The SMILES string of the molecule is N/N=C/c1cnc(-c2cccs2)s1. The molecule has 2 rings (SSSR count). The lowest BCUT2D eigenvalue weighted by Crippen LogP contribution is -1.80. The van der Waals surface area contributed by atoms with Gasteiger partial charge in [-0.2, -0.15) is 5.10 Å². The largest absolute Gasteiger partial charge is 0.323 e. The lowest BCUT2D eigenvalue weighted by molar-refractivity contribution is 1.26. The van der Waals surface area contributed by atoms with Crippen molar-refractivity contribution in [2.75, 3.05) is 0 Å². The van der Waals surface area contributed by atoms with Crippen molar-refractivity contribution in [1.82, 2.24) is 4.98 Å². The molecular weight excluding hydrogens is 202 g/mol. The molecule has 0 radical (unpaired) electrons. The van der Waals surface area contributed by atoms with Gasteiger partial charge in [0.15, 0.2) is 0 Å². The molecule has 0 fully saturated rings. The van der Waals surface area contributed by atoms with Crippen LogP contribution in [0.1, 0.15) is 4.88 Å². The maximum absolute atomic E-state index is 5.04. The van der Waals surface area contributed by atoms with Gasteiger partial charge >= 0.3 is 0 Å². The molecule has 0 spiro atoms. The van der Waals surface area contributed by atoms with Crippen molar-refractivity contribution in [2.24, 2.45) is 10.9 Å². The number of aromatic nitrogens is 1. The van der Waals surface area contributed by atoms with Crippen LogP contribution < -0.4 is 5.84 Å². The van der Waals surface area contributed by atoms with Gasteiger partial charge in [0.25, 0.3) is 0 Å². The number of hydrogen-bond donors (Lipinski definition) is 1. The summed E-state index contributed by atoms with van der Waals surface area (Å²) in [7, 11) is 0. The van der Waals surface area contributed by atoms with Crippen molar-refractivity contribution in [3.05, 3.63) is 28.6 Å². The summed E-state index contributed by atoms with van der Waals surface area (Å²) in [6.07, 6.45) is 3.38. The summed E-state index contributed by atoms with van der Waals surface area (Å²) in [4.78, 5) is 6.42. The number of thiophene rings is 1. The van der Waals surface area contributed by atoms with Crippen LogP contribution in [0, 0.1) is 0 Å². The van der Waals surface area contributed by atoms with Gasteiger partial charge in [-0.05, 0) is 11.4 Å². The van der Waals surface area contributed by atoms with E-state index in [9.17, 15) is 0 Å². The van der Waals surface area contributed by atoms with Gasteiger partial charge < -0.3 is 5.84 Å². The van der Waals surface area contributed by atoms with Crippen molar-refractivity contribution in [1.29, 1.82) is 0 Å². The van der Waals surface area contributed by atoms with Crippen LogP contribution in [0.4, 0.5) is 0 Å². The fourth-order valence-electron chi connectivity index (χ4n) is 0.934. The summed E-state index contributed by atoms with van der Waals surface area (Å²) in [5, 5.41) is 6.50. The summed E-state index contributed by atoms with van der Waals surface area (Å²) in [6, 6.07) is 4.06. The molecule has 5 heteroatoms. The van der Waals surface area contributed by atoms with Gasteiger partial charge in [0.2, 0.25) is 0 Å². The number of hydrogen-bond acceptors (Lipinski definition) is 5. The lowest BCUT2D eigenvalue weighted by atomic mass is 10.5. The highest BCUT2D eigenvalue weighted by Gasteiger charge is 2.03. The summed E-state index contributed by atoms with van der Waals surface area (Å²) < 4.78 is 0. The van der Waals surface area contributed by atoms with Gasteiger partial charge in [-0.25, -0.2) is 4.98 Å². The Bertz CT molecular complexity index is 403. The first-order valence-corrected chi connectivity index (χ1v) is 5.33. The molecule has 66 valence electrons. The molecule has 13 heavy (non-hydrogen) atoms. The number of nitrogens with zero attached hydrogens (tertiary/aromatic N) is 2. The minimum Gasteiger partial charge on any atom is -0.323 e. The van der Waals surface area contributed by atoms with Gasteiger partial charge in [0, 0.05) is 6.20 Å². The van der Waals surface area contributed by atoms with Crippen LogP contribution in [0.3, 0.4) is 0 Å². The van der Waals surface area contributed by atoms with Crippen LogP contribution in [0.15, 0.2) is 28.8 Å². The molecule has 0 aliphatic carbocycles. The highest BCUT2D eigenvalue weighted by molar-refractivity contribution is 7.21. The van der Waals surface area contributed by atoms with Gasteiger partial charge in [-0.3, -0.25) is 0 Å². The zero-order valence-corrected chi connectivity index (χ0v) is 8.31. The van der Waals surface area contributed by atoms with Crippen LogP contribution in [-0.2, 0) is 0 Å². The Morgan fingerprint density at radius 2 is 2.46 bits per heavy atom. The van der Waals surface area contributed by atoms with Crippen molar-refractivity contribution >= 4 is 28.9 Å². The summed E-state index contributed by atoms with van der Waals surface area (Å²) >= 11 is 3.26. The van der Waals surface area contributed by atoms with Gasteiger partial charge in [0.05, 0.1) is 16.0 Å². The van der Waals surface area contributed by atoms with E-state index in [0.29, 0.717) is 0 Å². The second-order valence-electron chi connectivity index (χ2n) is 2.32. The Morgan fingerprint density at radius 1 is 1.54 bits per heavy atom. The summed E-state index contributed by atoms with van der Waals surface area (Å²) in [5.74, 6) is 5.04. The Morgan fingerprint density at radius 3 is 3.15 bits per heavy atom. The third kappa shape index (κ3) is 1.76. The third-order valence-electron chi connectivity index (χ3n) is 1.46. The van der Waals surface area contributed by atoms with E-state index >= 15 is 0 Å². The molecule has 2 aromatic heterocycles. The predicted octanol–water partition coefficient (Wildman–Crippen LogP) is 2.16. The van der Waals surface area contributed by atoms with Crippen molar-refractivity contribution in [2.45, 2.75) is 0 Å². The van der Waals surface area contributed by atoms with Crippen molar-refractivity contribution in [3.8, 4) is 9.88 Å². The highest BCUT2D eigenvalue weighted by atomic mass is 32.1. The minimum absolute atomic E-state index is 0.978. The van der Waals surface area contributed by atoms with E-state index in [-0.39, 0.29) is 0 Å². The Balaban J connectivity index is 2.33. The first-order chi connectivity index (χ1) is 6.40. The Kier molecular flexibility index (Phi) is 2.37. The average molecular weight is 209 g/mol. The minimum atomic E-state index is 0.978. The van der Waals surface area contributed by atoms with E-state index in [4.69, 9.17) is 5.84 Å². The Labute approximate surface area is 83.6 Å². The molecule has 3 nitrogen and oxygen atoms in total. The first-order valence-electron chi connectivity index (χ1n) is 3.63. The van der Waals surface area contributed by atoms with Crippen LogP contribution in [0.5, 0.6) is 0 Å². The first kappa shape index (κ1) is 8.40. The molecule has 0 amide bonds. The number of thiazole rings is 1. The van der Waals surface area contributed by atoms with E-state index in [1.165, 1.54) is 4.88 Å². The van der Waals surface area contributed by atoms with E-state index in [0.717, 1.165) is 9.88 Å². The molecule has 0 saturated heterocycles. The van der Waals surface area contributed by atoms with E-state index in [1.807, 2.05) is 17.5 Å². The van der Waals surface area contributed by atoms with Crippen LogP contribution in [0.25, 0.3) is 9.88 Å². The molecular formula is C8H7N3S2. The number of hydrazone groups is 1. The maximum Gasteiger partial charge on any atom is 0.133 e.